The molecule has 6 heteroatoms. The Morgan fingerprint density at radius 3 is 2.58 bits per heavy atom. The standard InChI is InChI=1S/C18H17BrN2O3/c1-13-11-18(23,14-7-9-15(19)10-8-14)21(20-13)17(22)12-24-16-5-3-2-4-6-16/h2-10,23H,11-12H2,1H3. The number of carbonyl (C=O) groups is 1. The van der Waals surface area contributed by atoms with Crippen molar-refractivity contribution in [1.29, 1.82) is 0 Å². The third-order valence-electron chi connectivity index (χ3n) is 3.77. The van der Waals surface area contributed by atoms with Gasteiger partial charge >= 0.3 is 0 Å². The molecule has 2 aromatic rings. The Bertz CT molecular complexity index is 762. The maximum atomic E-state index is 12.5. The predicted molar refractivity (Wildman–Crippen MR) is 94.5 cm³/mol. The minimum atomic E-state index is -1.48. The zero-order valence-electron chi connectivity index (χ0n) is 13.1. The number of hydrazone groups is 1. The van der Waals surface area contributed by atoms with Gasteiger partial charge in [0.15, 0.2) is 12.3 Å². The summed E-state index contributed by atoms with van der Waals surface area (Å²) in [5, 5.41) is 16.4. The lowest BCUT2D eigenvalue weighted by molar-refractivity contribution is -0.159. The van der Waals surface area contributed by atoms with Crippen molar-refractivity contribution in [2.24, 2.45) is 5.10 Å². The predicted octanol–water partition coefficient (Wildman–Crippen LogP) is 3.28. The van der Waals surface area contributed by atoms with E-state index in [2.05, 4.69) is 21.0 Å². The maximum Gasteiger partial charge on any atom is 0.283 e. The first-order chi connectivity index (χ1) is 11.5. The van der Waals surface area contributed by atoms with Crippen molar-refractivity contribution < 1.29 is 14.6 Å². The minimum absolute atomic E-state index is 0.195. The summed E-state index contributed by atoms with van der Waals surface area (Å²) in [6.07, 6.45) is 0.270. The van der Waals surface area contributed by atoms with Crippen LogP contribution in [0.3, 0.4) is 0 Å². The average Bonchev–Trinajstić information content (AvgIpc) is 2.90. The molecule has 124 valence electrons. The minimum Gasteiger partial charge on any atom is -0.484 e. The molecule has 0 radical (unpaired) electrons. The number of ether oxygens (including phenoxy) is 1. The van der Waals surface area contributed by atoms with E-state index in [9.17, 15) is 9.90 Å². The van der Waals surface area contributed by atoms with Gasteiger partial charge in [-0.15, -0.1) is 0 Å². The molecular weight excluding hydrogens is 372 g/mol. The van der Waals surface area contributed by atoms with Gasteiger partial charge in [-0.25, -0.2) is 0 Å². The molecule has 1 aliphatic rings. The largest absolute Gasteiger partial charge is 0.484 e. The van der Waals surface area contributed by atoms with Crippen LogP contribution in [0.15, 0.2) is 64.2 Å². The Morgan fingerprint density at radius 2 is 1.92 bits per heavy atom. The molecule has 0 aromatic heterocycles. The van der Waals surface area contributed by atoms with Crippen LogP contribution in [0.4, 0.5) is 0 Å². The molecule has 24 heavy (non-hydrogen) atoms. The van der Waals surface area contributed by atoms with Gasteiger partial charge in [0.05, 0.1) is 0 Å². The van der Waals surface area contributed by atoms with Gasteiger partial charge in [-0.1, -0.05) is 46.3 Å². The average molecular weight is 389 g/mol. The number of benzene rings is 2. The van der Waals surface area contributed by atoms with E-state index in [4.69, 9.17) is 4.74 Å². The van der Waals surface area contributed by atoms with Gasteiger partial charge in [-0.05, 0) is 31.2 Å². The van der Waals surface area contributed by atoms with Crippen LogP contribution in [-0.4, -0.2) is 28.3 Å². The lowest BCUT2D eigenvalue weighted by Gasteiger charge is -2.31. The third kappa shape index (κ3) is 3.34. The number of aliphatic hydroxyl groups is 1. The summed E-state index contributed by atoms with van der Waals surface area (Å²) in [6.45, 7) is 1.59. The van der Waals surface area contributed by atoms with Crippen molar-refractivity contribution in [2.45, 2.75) is 19.1 Å². The van der Waals surface area contributed by atoms with Crippen LogP contribution in [0.5, 0.6) is 5.75 Å². The van der Waals surface area contributed by atoms with E-state index >= 15 is 0 Å². The van der Waals surface area contributed by atoms with Gasteiger partial charge in [0.2, 0.25) is 0 Å². The maximum absolute atomic E-state index is 12.5. The van der Waals surface area contributed by atoms with Crippen molar-refractivity contribution in [3.8, 4) is 5.75 Å². The second kappa shape index (κ2) is 6.75. The van der Waals surface area contributed by atoms with Crippen molar-refractivity contribution in [1.82, 2.24) is 5.01 Å². The number of carbonyl (C=O) groups excluding carboxylic acids is 1. The summed E-state index contributed by atoms with van der Waals surface area (Å²) in [5.74, 6) is 0.194. The van der Waals surface area contributed by atoms with E-state index in [0.29, 0.717) is 17.0 Å². The van der Waals surface area contributed by atoms with Gasteiger partial charge in [0.25, 0.3) is 5.91 Å². The zero-order chi connectivity index (χ0) is 17.2. The number of hydrogen-bond donors (Lipinski definition) is 1. The van der Waals surface area contributed by atoms with E-state index in [-0.39, 0.29) is 13.0 Å². The second-order valence-electron chi connectivity index (χ2n) is 5.64. The second-order valence-corrected chi connectivity index (χ2v) is 6.56. The van der Waals surface area contributed by atoms with Gasteiger partial charge in [-0.3, -0.25) is 4.79 Å². The van der Waals surface area contributed by atoms with Gasteiger partial charge in [0, 0.05) is 22.2 Å². The van der Waals surface area contributed by atoms with Crippen LogP contribution in [0.1, 0.15) is 18.9 Å². The molecule has 0 saturated carbocycles. The number of amides is 1. The van der Waals surface area contributed by atoms with Crippen LogP contribution in [0.2, 0.25) is 0 Å². The first kappa shape index (κ1) is 16.7. The Morgan fingerprint density at radius 1 is 1.25 bits per heavy atom. The molecule has 1 N–H and O–H groups in total. The molecule has 0 saturated heterocycles. The molecular formula is C18H17BrN2O3. The van der Waals surface area contributed by atoms with E-state index in [1.165, 1.54) is 0 Å². The fourth-order valence-electron chi connectivity index (χ4n) is 2.65. The molecule has 1 aliphatic heterocycles. The van der Waals surface area contributed by atoms with Crippen LogP contribution < -0.4 is 4.74 Å². The van der Waals surface area contributed by atoms with E-state index in [1.54, 1.807) is 31.2 Å². The first-order valence-electron chi connectivity index (χ1n) is 7.52. The Labute approximate surface area is 148 Å². The fourth-order valence-corrected chi connectivity index (χ4v) is 2.91. The zero-order valence-corrected chi connectivity index (χ0v) is 14.7. The van der Waals surface area contributed by atoms with Crippen molar-refractivity contribution in [3.05, 3.63) is 64.6 Å². The number of nitrogens with zero attached hydrogens (tertiary/aromatic N) is 2. The fraction of sp³-hybridized carbons (Fsp3) is 0.222. The molecule has 1 atom stereocenters. The molecule has 5 nitrogen and oxygen atoms in total. The van der Waals surface area contributed by atoms with Crippen LogP contribution in [0.25, 0.3) is 0 Å². The lowest BCUT2D eigenvalue weighted by Crippen LogP contribution is -2.45. The molecule has 2 aromatic carbocycles. The van der Waals surface area contributed by atoms with Gasteiger partial charge in [-0.2, -0.15) is 10.1 Å². The van der Waals surface area contributed by atoms with E-state index in [1.807, 2.05) is 30.3 Å². The molecule has 0 bridgehead atoms. The molecule has 0 spiro atoms. The van der Waals surface area contributed by atoms with Crippen LogP contribution >= 0.6 is 15.9 Å². The van der Waals surface area contributed by atoms with Crippen LogP contribution in [-0.2, 0) is 10.5 Å². The normalized spacial score (nSPS) is 20.0. The highest BCUT2D eigenvalue weighted by molar-refractivity contribution is 9.10. The molecule has 1 heterocycles. The quantitative estimate of drug-likeness (QED) is 0.873. The summed E-state index contributed by atoms with van der Waals surface area (Å²) >= 11 is 3.37. The number of para-hydroxylation sites is 1. The molecule has 0 fully saturated rings. The highest BCUT2D eigenvalue weighted by atomic mass is 79.9. The summed E-state index contributed by atoms with van der Waals surface area (Å²) in [4.78, 5) is 12.5. The molecule has 3 rings (SSSR count). The summed E-state index contributed by atoms with van der Waals surface area (Å²) in [7, 11) is 0. The Hall–Kier alpha value is -2.18. The number of hydrogen-bond acceptors (Lipinski definition) is 4. The summed E-state index contributed by atoms with van der Waals surface area (Å²) < 4.78 is 6.38. The van der Waals surface area contributed by atoms with Crippen molar-refractivity contribution >= 4 is 27.5 Å². The molecule has 1 amide bonds. The summed E-state index contributed by atoms with van der Waals surface area (Å²) in [6, 6.07) is 16.3. The Kier molecular flexibility index (Phi) is 4.69. The topological polar surface area (TPSA) is 62.1 Å². The van der Waals surface area contributed by atoms with Crippen LogP contribution in [0, 0.1) is 0 Å². The first-order valence-corrected chi connectivity index (χ1v) is 8.32. The highest BCUT2D eigenvalue weighted by Crippen LogP contribution is 2.35. The van der Waals surface area contributed by atoms with Gasteiger partial charge < -0.3 is 9.84 Å². The summed E-state index contributed by atoms with van der Waals surface area (Å²) in [5.41, 5.74) is -0.185. The smallest absolute Gasteiger partial charge is 0.283 e. The molecule has 0 aliphatic carbocycles. The van der Waals surface area contributed by atoms with E-state index in [0.717, 1.165) is 9.48 Å². The monoisotopic (exact) mass is 388 g/mol. The van der Waals surface area contributed by atoms with Gasteiger partial charge in [0.1, 0.15) is 5.75 Å². The SMILES string of the molecule is CC1=NN(C(=O)COc2ccccc2)C(O)(c2ccc(Br)cc2)C1. The third-order valence-corrected chi connectivity index (χ3v) is 4.30. The van der Waals surface area contributed by atoms with Crippen molar-refractivity contribution in [3.63, 3.8) is 0 Å². The lowest BCUT2D eigenvalue weighted by atomic mass is 9.98. The van der Waals surface area contributed by atoms with E-state index < -0.39 is 11.6 Å². The highest BCUT2D eigenvalue weighted by Gasteiger charge is 2.44. The van der Waals surface area contributed by atoms with Crippen molar-refractivity contribution in [2.75, 3.05) is 6.61 Å². The number of rotatable bonds is 4. The number of halogens is 1. The Balaban J connectivity index is 1.78. The molecule has 1 unspecified atom stereocenters.